The highest BCUT2D eigenvalue weighted by Crippen LogP contribution is 2.16. The highest BCUT2D eigenvalue weighted by Gasteiger charge is 1.98. The lowest BCUT2D eigenvalue weighted by Crippen LogP contribution is -1.84. The number of aryl methyl sites for hydroxylation is 1. The molecule has 0 saturated heterocycles. The van der Waals surface area contributed by atoms with Crippen LogP contribution in [0.25, 0.3) is 10.9 Å². The van der Waals surface area contributed by atoms with Gasteiger partial charge in [0, 0.05) is 23.8 Å². The quantitative estimate of drug-likeness (QED) is 0.637. The molecule has 2 aromatic rings. The minimum absolute atomic E-state index is 0.0526. The highest BCUT2D eigenvalue weighted by atomic mass is 16.3. The van der Waals surface area contributed by atoms with Gasteiger partial charge in [-0.3, -0.25) is 4.98 Å². The summed E-state index contributed by atoms with van der Waals surface area (Å²) in [5, 5.41) is 10.1. The van der Waals surface area contributed by atoms with E-state index in [0.717, 1.165) is 16.5 Å². The molecular formula is C9H8N2O. The summed E-state index contributed by atoms with van der Waals surface area (Å²) >= 11 is 0. The van der Waals surface area contributed by atoms with E-state index in [1.165, 1.54) is 0 Å². The second kappa shape index (κ2) is 2.44. The third-order valence-corrected chi connectivity index (χ3v) is 1.77. The third kappa shape index (κ3) is 0.993. The van der Waals surface area contributed by atoms with Gasteiger partial charge in [0.15, 0.2) is 0 Å². The molecule has 0 spiro atoms. The van der Waals surface area contributed by atoms with Crippen LogP contribution in [0.4, 0.5) is 0 Å². The molecule has 0 atom stereocenters. The molecule has 3 heteroatoms. The predicted molar refractivity (Wildman–Crippen MR) is 45.9 cm³/mol. The lowest BCUT2D eigenvalue weighted by molar-refractivity contribution is 0.456. The van der Waals surface area contributed by atoms with Gasteiger partial charge in [-0.15, -0.1) is 0 Å². The van der Waals surface area contributed by atoms with Crippen LogP contribution in [0.2, 0.25) is 0 Å². The third-order valence-electron chi connectivity index (χ3n) is 1.77. The van der Waals surface area contributed by atoms with E-state index in [1.54, 1.807) is 24.5 Å². The lowest BCUT2D eigenvalue weighted by atomic mass is 10.2. The molecule has 0 bridgehead atoms. The van der Waals surface area contributed by atoms with E-state index < -0.39 is 0 Å². The van der Waals surface area contributed by atoms with Crippen molar-refractivity contribution in [2.45, 2.75) is 6.92 Å². The number of aromatic nitrogens is 2. The van der Waals surface area contributed by atoms with Crippen molar-refractivity contribution in [2.75, 3.05) is 0 Å². The summed E-state index contributed by atoms with van der Waals surface area (Å²) in [6.07, 6.45) is 3.46. The fraction of sp³-hybridized carbons (Fsp3) is 0.111. The normalized spacial score (nSPS) is 10.4. The van der Waals surface area contributed by atoms with Crippen LogP contribution >= 0.6 is 0 Å². The summed E-state index contributed by atoms with van der Waals surface area (Å²) in [6, 6.07) is 3.36. The Morgan fingerprint density at radius 1 is 1.25 bits per heavy atom. The Labute approximate surface area is 69.7 Å². The molecule has 3 nitrogen and oxygen atoms in total. The first kappa shape index (κ1) is 7.03. The molecule has 2 aromatic heterocycles. The number of pyridine rings is 2. The zero-order valence-corrected chi connectivity index (χ0v) is 6.65. The van der Waals surface area contributed by atoms with E-state index in [0.29, 0.717) is 0 Å². The highest BCUT2D eigenvalue weighted by molar-refractivity contribution is 5.80. The molecule has 60 valence electrons. The minimum atomic E-state index is 0.0526. The first-order chi connectivity index (χ1) is 5.77. The van der Waals surface area contributed by atoms with Gasteiger partial charge in [0.2, 0.25) is 5.88 Å². The number of fused-ring (bicyclic) bond motifs is 1. The summed E-state index contributed by atoms with van der Waals surface area (Å²) in [5.74, 6) is 0.0526. The number of hydrogen-bond acceptors (Lipinski definition) is 3. The zero-order chi connectivity index (χ0) is 8.55. The van der Waals surface area contributed by atoms with Crippen molar-refractivity contribution in [3.8, 4) is 5.88 Å². The van der Waals surface area contributed by atoms with Crippen molar-refractivity contribution in [1.82, 2.24) is 9.97 Å². The van der Waals surface area contributed by atoms with Crippen molar-refractivity contribution in [1.29, 1.82) is 0 Å². The first-order valence-electron chi connectivity index (χ1n) is 3.68. The fourth-order valence-electron chi connectivity index (χ4n) is 1.17. The predicted octanol–water partition coefficient (Wildman–Crippen LogP) is 1.64. The average Bonchev–Trinajstić information content (AvgIpc) is 2.07. The van der Waals surface area contributed by atoms with Crippen LogP contribution in [-0.2, 0) is 0 Å². The number of nitrogens with zero attached hydrogens (tertiary/aromatic N) is 2. The Bertz CT molecular complexity index is 426. The molecule has 0 aliphatic carbocycles. The maximum Gasteiger partial charge on any atom is 0.211 e. The molecule has 0 aliphatic rings. The van der Waals surface area contributed by atoms with E-state index in [-0.39, 0.29) is 5.88 Å². The maximum atomic E-state index is 9.12. The van der Waals surface area contributed by atoms with Crippen molar-refractivity contribution < 1.29 is 5.11 Å². The largest absolute Gasteiger partial charge is 0.493 e. The van der Waals surface area contributed by atoms with Crippen LogP contribution in [0, 0.1) is 6.92 Å². The Morgan fingerprint density at radius 3 is 2.92 bits per heavy atom. The molecule has 2 rings (SSSR count). The Hall–Kier alpha value is -1.64. The molecule has 0 fully saturated rings. The van der Waals surface area contributed by atoms with Gasteiger partial charge in [0.25, 0.3) is 0 Å². The van der Waals surface area contributed by atoms with Gasteiger partial charge in [-0.25, -0.2) is 4.98 Å². The number of rotatable bonds is 0. The molecule has 0 saturated carbocycles. The van der Waals surface area contributed by atoms with Crippen molar-refractivity contribution in [2.24, 2.45) is 0 Å². The SMILES string of the molecule is Cc1cncc2ccc(O)nc12. The molecule has 0 aromatic carbocycles. The molecule has 0 radical (unpaired) electrons. The van der Waals surface area contributed by atoms with E-state index in [9.17, 15) is 0 Å². The summed E-state index contributed by atoms with van der Waals surface area (Å²) < 4.78 is 0. The Morgan fingerprint density at radius 2 is 2.08 bits per heavy atom. The van der Waals surface area contributed by atoms with Gasteiger partial charge in [-0.1, -0.05) is 0 Å². The van der Waals surface area contributed by atoms with Crippen LogP contribution in [0.15, 0.2) is 24.5 Å². The van der Waals surface area contributed by atoms with Gasteiger partial charge in [0.05, 0.1) is 5.52 Å². The molecule has 2 heterocycles. The first-order valence-corrected chi connectivity index (χ1v) is 3.68. The second-order valence-electron chi connectivity index (χ2n) is 2.70. The number of hydrogen-bond donors (Lipinski definition) is 1. The monoisotopic (exact) mass is 160 g/mol. The summed E-state index contributed by atoms with van der Waals surface area (Å²) in [4.78, 5) is 8.01. The summed E-state index contributed by atoms with van der Waals surface area (Å²) in [6.45, 7) is 1.92. The van der Waals surface area contributed by atoms with Crippen LogP contribution < -0.4 is 0 Å². The van der Waals surface area contributed by atoms with Gasteiger partial charge in [-0.2, -0.15) is 0 Å². The Balaban J connectivity index is 2.88. The average molecular weight is 160 g/mol. The van der Waals surface area contributed by atoms with Gasteiger partial charge >= 0.3 is 0 Å². The van der Waals surface area contributed by atoms with Gasteiger partial charge in [-0.05, 0) is 18.6 Å². The second-order valence-corrected chi connectivity index (χ2v) is 2.70. The molecule has 12 heavy (non-hydrogen) atoms. The van der Waals surface area contributed by atoms with E-state index in [4.69, 9.17) is 5.11 Å². The van der Waals surface area contributed by atoms with E-state index in [2.05, 4.69) is 9.97 Å². The zero-order valence-electron chi connectivity index (χ0n) is 6.65. The molecule has 1 N–H and O–H groups in total. The van der Waals surface area contributed by atoms with Crippen LogP contribution in [0.5, 0.6) is 5.88 Å². The van der Waals surface area contributed by atoms with Gasteiger partial charge in [0.1, 0.15) is 0 Å². The van der Waals surface area contributed by atoms with Crippen molar-refractivity contribution >= 4 is 10.9 Å². The van der Waals surface area contributed by atoms with Crippen molar-refractivity contribution in [3.63, 3.8) is 0 Å². The van der Waals surface area contributed by atoms with Crippen LogP contribution in [-0.4, -0.2) is 15.1 Å². The van der Waals surface area contributed by atoms with E-state index >= 15 is 0 Å². The molecule has 0 aliphatic heterocycles. The fourth-order valence-corrected chi connectivity index (χ4v) is 1.17. The minimum Gasteiger partial charge on any atom is -0.493 e. The lowest BCUT2D eigenvalue weighted by Gasteiger charge is -1.99. The Kier molecular flexibility index (Phi) is 1.43. The maximum absolute atomic E-state index is 9.12. The van der Waals surface area contributed by atoms with Crippen molar-refractivity contribution in [3.05, 3.63) is 30.1 Å². The summed E-state index contributed by atoms with van der Waals surface area (Å²) in [7, 11) is 0. The standard InChI is InChI=1S/C9H8N2O/c1-6-4-10-5-7-2-3-8(12)11-9(6)7/h2-5H,1H3,(H,11,12). The number of aromatic hydroxyl groups is 1. The van der Waals surface area contributed by atoms with Gasteiger partial charge < -0.3 is 5.11 Å². The molecule has 0 amide bonds. The van der Waals surface area contributed by atoms with Crippen LogP contribution in [0.3, 0.4) is 0 Å². The smallest absolute Gasteiger partial charge is 0.211 e. The molecular weight excluding hydrogens is 152 g/mol. The van der Waals surface area contributed by atoms with Crippen LogP contribution in [0.1, 0.15) is 5.56 Å². The topological polar surface area (TPSA) is 46.0 Å². The van der Waals surface area contributed by atoms with E-state index in [1.807, 2.05) is 6.92 Å². The summed E-state index contributed by atoms with van der Waals surface area (Å²) in [5.41, 5.74) is 1.79. The molecule has 0 unspecified atom stereocenters.